The molecule has 3 heterocycles. The van der Waals surface area contributed by atoms with E-state index in [0.29, 0.717) is 58.4 Å². The van der Waals surface area contributed by atoms with E-state index in [0.717, 1.165) is 24.0 Å². The average Bonchev–Trinajstić information content (AvgIpc) is 3.14. The van der Waals surface area contributed by atoms with Gasteiger partial charge in [-0.1, -0.05) is 60.7 Å². The summed E-state index contributed by atoms with van der Waals surface area (Å²) in [6.07, 6.45) is 1.77. The Morgan fingerprint density at radius 2 is 1.38 bits per heavy atom. The third-order valence-electron chi connectivity index (χ3n) is 9.53. The van der Waals surface area contributed by atoms with Crippen LogP contribution in [-0.2, 0) is 46.8 Å². The highest BCUT2D eigenvalue weighted by atomic mass is 35.7. The van der Waals surface area contributed by atoms with E-state index in [1.54, 1.807) is 14.2 Å². The highest BCUT2D eigenvalue weighted by molar-refractivity contribution is 8.11. The number of carboxylic acid groups (broad SMARTS) is 1. The number of hydrogen-bond acceptors (Lipinski definition) is 9. The van der Waals surface area contributed by atoms with Gasteiger partial charge in [0.2, 0.25) is 0 Å². The monoisotopic (exact) mass is 787 g/mol. The van der Waals surface area contributed by atoms with Crippen LogP contribution in [0.2, 0.25) is 0 Å². The van der Waals surface area contributed by atoms with E-state index in [9.17, 15) is 31.5 Å². The number of nitrogens with zero attached hydrogens (tertiary/aromatic N) is 4. The smallest absolute Gasteiger partial charge is 0.407 e. The summed E-state index contributed by atoms with van der Waals surface area (Å²) in [7, 11) is 1.18. The van der Waals surface area contributed by atoms with Crippen LogP contribution in [0, 0.1) is 5.92 Å². The molecule has 3 saturated heterocycles. The van der Waals surface area contributed by atoms with Crippen molar-refractivity contribution in [3.8, 4) is 0 Å². The van der Waals surface area contributed by atoms with Crippen LogP contribution in [0.4, 0.5) is 9.59 Å². The lowest BCUT2D eigenvalue weighted by atomic mass is 9.99. The van der Waals surface area contributed by atoms with Gasteiger partial charge >= 0.3 is 12.2 Å². The molecule has 2 amide bonds. The van der Waals surface area contributed by atoms with Gasteiger partial charge < -0.3 is 29.5 Å². The fraction of sp³-hybridized carbons (Fsp3) is 0.588. The highest BCUT2D eigenvalue weighted by Crippen LogP contribution is 2.27. The summed E-state index contributed by atoms with van der Waals surface area (Å²) in [5, 5.41) is 12.2. The molecule has 52 heavy (non-hydrogen) atoms. The molecule has 2 N–H and O–H groups in total. The number of benzene rings is 2. The number of rotatable bonds is 12. The second kappa shape index (κ2) is 19.9. The highest BCUT2D eigenvalue weighted by Gasteiger charge is 2.38. The zero-order valence-electron chi connectivity index (χ0n) is 29.6. The molecule has 0 aromatic heterocycles. The summed E-state index contributed by atoms with van der Waals surface area (Å²) >= 11 is 0. The molecule has 1 atom stereocenters. The Bertz CT molecular complexity index is 1620. The Morgan fingerprint density at radius 1 is 0.827 bits per heavy atom. The predicted octanol–water partition coefficient (Wildman–Crippen LogP) is 4.07. The lowest BCUT2D eigenvalue weighted by Gasteiger charge is -2.39. The Labute approximate surface area is 311 Å². The number of halogens is 1. The minimum absolute atomic E-state index is 0.0112. The van der Waals surface area contributed by atoms with Crippen molar-refractivity contribution in [3.63, 3.8) is 0 Å². The Kier molecular flexibility index (Phi) is 15.9. The fourth-order valence-electron chi connectivity index (χ4n) is 6.72. The zero-order chi connectivity index (χ0) is 37.7. The summed E-state index contributed by atoms with van der Waals surface area (Å²) in [5.41, 5.74) is 1.83. The summed E-state index contributed by atoms with van der Waals surface area (Å²) in [5.74, 6) is 0.0112. The van der Waals surface area contributed by atoms with Crippen molar-refractivity contribution in [2.75, 3.05) is 53.5 Å². The summed E-state index contributed by atoms with van der Waals surface area (Å²) in [6, 6.07) is 18.5. The van der Waals surface area contributed by atoms with Crippen LogP contribution in [0.15, 0.2) is 60.7 Å². The van der Waals surface area contributed by atoms with E-state index >= 15 is 0 Å². The average molecular weight is 788 g/mol. The van der Waals surface area contributed by atoms with Gasteiger partial charge in [-0.2, -0.15) is 29.8 Å². The van der Waals surface area contributed by atoms with E-state index in [1.165, 1.54) is 17.8 Å². The molecule has 0 bridgehead atoms. The minimum atomic E-state index is -3.71. The normalized spacial score (nSPS) is 20.1. The molecule has 18 heteroatoms. The van der Waals surface area contributed by atoms with Gasteiger partial charge in [-0.05, 0) is 49.7 Å². The number of carbonyl (C=O) groups is 2. The van der Waals surface area contributed by atoms with Crippen molar-refractivity contribution in [1.82, 2.24) is 23.1 Å². The molecule has 0 radical (unpaired) electrons. The quantitative estimate of drug-likeness (QED) is 0.236. The van der Waals surface area contributed by atoms with Crippen molar-refractivity contribution in [2.45, 2.75) is 70.1 Å². The number of nitrogens with one attached hydrogen (secondary N) is 1. The molecule has 15 nitrogen and oxygen atoms in total. The first-order chi connectivity index (χ1) is 24.8. The van der Waals surface area contributed by atoms with E-state index in [4.69, 9.17) is 24.9 Å². The Balaban J connectivity index is 0.000000251. The predicted molar refractivity (Wildman–Crippen MR) is 195 cm³/mol. The fourth-order valence-corrected chi connectivity index (χ4v) is 9.52. The molecule has 3 aliphatic heterocycles. The molecular formula is C34H50ClN5O10S2. The van der Waals surface area contributed by atoms with E-state index in [-0.39, 0.29) is 37.7 Å². The molecule has 0 saturated carbocycles. The van der Waals surface area contributed by atoms with Crippen LogP contribution in [-0.4, -0.2) is 124 Å². The lowest BCUT2D eigenvalue weighted by Crippen LogP contribution is -2.53. The van der Waals surface area contributed by atoms with Crippen molar-refractivity contribution < 1.29 is 45.7 Å². The van der Waals surface area contributed by atoms with Crippen molar-refractivity contribution in [3.05, 3.63) is 71.8 Å². The van der Waals surface area contributed by atoms with Crippen LogP contribution in [0.1, 0.15) is 49.7 Å². The van der Waals surface area contributed by atoms with Crippen molar-refractivity contribution in [2.24, 2.45) is 5.92 Å². The maximum atomic E-state index is 13.1. The first-order valence-corrected chi connectivity index (χ1v) is 21.0. The maximum Gasteiger partial charge on any atom is 0.407 e. The van der Waals surface area contributed by atoms with E-state index in [1.807, 2.05) is 60.7 Å². The number of methoxy groups -OCH3 is 2. The van der Waals surface area contributed by atoms with Gasteiger partial charge in [-0.15, -0.1) is 0 Å². The van der Waals surface area contributed by atoms with Crippen LogP contribution in [0.3, 0.4) is 0 Å². The number of alkyl carbamates (subject to hydrolysis) is 1. The molecule has 5 rings (SSSR count). The molecule has 290 valence electrons. The Hall–Kier alpha value is -3.03. The second-order valence-corrected chi connectivity index (χ2v) is 17.4. The molecule has 0 spiro atoms. The molecule has 3 fully saturated rings. The second-order valence-electron chi connectivity index (χ2n) is 13.0. The number of amides is 2. The molecule has 2 aromatic rings. The third-order valence-corrected chi connectivity index (χ3v) is 13.1. The summed E-state index contributed by atoms with van der Waals surface area (Å²) in [4.78, 5) is 24.9. The van der Waals surface area contributed by atoms with Crippen LogP contribution in [0.25, 0.3) is 0 Å². The van der Waals surface area contributed by atoms with Crippen LogP contribution >= 0.6 is 10.7 Å². The van der Waals surface area contributed by atoms with Gasteiger partial charge in [0.05, 0.1) is 0 Å². The summed E-state index contributed by atoms with van der Waals surface area (Å²) < 4.78 is 68.9. The van der Waals surface area contributed by atoms with Crippen molar-refractivity contribution >= 4 is 42.3 Å². The first kappa shape index (κ1) is 41.7. The molecule has 1 unspecified atom stereocenters. The van der Waals surface area contributed by atoms with Gasteiger partial charge in [-0.25, -0.2) is 9.59 Å². The molecule has 0 aliphatic carbocycles. The number of carbonyl (C=O) groups excluding carboxylic acids is 1. The SMILES string of the molecule is COC(OC)C1CCCN(S(=O)(=O)N2CCC(NC(=O)OCc3ccccc3)CC2)C1.O=C(O)N(Cc1ccccc1)C1CCN(S(=O)(=O)Cl)CC1. The first-order valence-electron chi connectivity index (χ1n) is 17.3. The maximum absolute atomic E-state index is 13.1. The van der Waals surface area contributed by atoms with Gasteiger partial charge in [-0.3, -0.25) is 0 Å². The summed E-state index contributed by atoms with van der Waals surface area (Å²) in [6.45, 7) is 2.62. The van der Waals surface area contributed by atoms with Crippen LogP contribution in [0.5, 0.6) is 0 Å². The lowest BCUT2D eigenvalue weighted by molar-refractivity contribution is -0.144. The number of piperidine rings is 3. The van der Waals surface area contributed by atoms with Gasteiger partial charge in [0.15, 0.2) is 6.29 Å². The standard InChI is InChI=1S/C21H33N3O6S.C13H17ClN2O4S/c1-28-20(29-2)18-9-6-12-24(15-18)31(26,27)23-13-10-19(11-14-23)22-21(25)30-16-17-7-4-3-5-8-17;14-21(19,20)15-8-6-12(7-9-15)16(13(17)18)10-11-4-2-1-3-5-11/h3-5,7-8,18-20H,6,9-16H2,1-2H3,(H,22,25);1-5,12H,6-10H2,(H,17,18). The van der Waals surface area contributed by atoms with E-state index in [2.05, 4.69) is 5.32 Å². The largest absolute Gasteiger partial charge is 0.465 e. The van der Waals surface area contributed by atoms with Gasteiger partial charge in [0.25, 0.3) is 19.4 Å². The van der Waals surface area contributed by atoms with Crippen molar-refractivity contribution in [1.29, 1.82) is 0 Å². The van der Waals surface area contributed by atoms with E-state index < -0.39 is 37.9 Å². The minimum Gasteiger partial charge on any atom is -0.465 e. The number of hydrogen-bond donors (Lipinski definition) is 2. The molecule has 2 aromatic carbocycles. The van der Waals surface area contributed by atoms with Crippen LogP contribution < -0.4 is 5.32 Å². The topological polar surface area (TPSA) is 175 Å². The molecule has 3 aliphatic rings. The van der Waals surface area contributed by atoms with Gasteiger partial charge in [0.1, 0.15) is 6.61 Å². The zero-order valence-corrected chi connectivity index (χ0v) is 32.0. The van der Waals surface area contributed by atoms with Gasteiger partial charge in [0, 0.05) is 88.7 Å². The molecular weight excluding hydrogens is 738 g/mol. The number of ether oxygens (including phenoxy) is 3. The third kappa shape index (κ3) is 12.3. The Morgan fingerprint density at radius 3 is 1.92 bits per heavy atom.